The molecule has 0 unspecified atom stereocenters. The van der Waals surface area contributed by atoms with Gasteiger partial charge in [-0.3, -0.25) is 4.72 Å². The Bertz CT molecular complexity index is 848. The van der Waals surface area contributed by atoms with Crippen molar-refractivity contribution in [3.05, 3.63) is 58.6 Å². The third-order valence-corrected chi connectivity index (χ3v) is 5.53. The maximum absolute atomic E-state index is 12.6. The second-order valence-corrected chi connectivity index (χ2v) is 7.60. The average Bonchev–Trinajstić information content (AvgIpc) is 2.60. The molecular formula is C18H20ClNO4S. The molecule has 0 aromatic heterocycles. The number of nitrogens with one attached hydrogen (secondary N) is 1. The topological polar surface area (TPSA) is 72.5 Å². The van der Waals surface area contributed by atoms with Crippen LogP contribution >= 0.6 is 11.6 Å². The average molecular weight is 382 g/mol. The van der Waals surface area contributed by atoms with Crippen molar-refractivity contribution in [3.63, 3.8) is 0 Å². The summed E-state index contributed by atoms with van der Waals surface area (Å²) in [7, 11) is -2.70. The number of hydrogen-bond donors (Lipinski definition) is 1. The van der Waals surface area contributed by atoms with E-state index in [1.807, 2.05) is 12.1 Å². The second kappa shape index (κ2) is 8.36. The lowest BCUT2D eigenvalue weighted by molar-refractivity contribution is 0.0600. The Morgan fingerprint density at radius 3 is 2.44 bits per heavy atom. The van der Waals surface area contributed by atoms with Crippen LogP contribution in [0.15, 0.2) is 47.4 Å². The minimum absolute atomic E-state index is 0.0275. The number of unbranched alkanes of at least 4 members (excludes halogenated alkanes) is 1. The Labute approximate surface area is 153 Å². The summed E-state index contributed by atoms with van der Waals surface area (Å²) in [5.74, 6) is -0.631. The van der Waals surface area contributed by atoms with Gasteiger partial charge in [0.25, 0.3) is 10.0 Å². The standard InChI is InChI=1S/C18H20ClNO4S/c1-3-4-5-13-6-9-15(10-7-13)20-25(22,23)17-12-14(18(21)24-2)8-11-16(17)19/h6-12,20H,3-5H2,1-2H3. The van der Waals surface area contributed by atoms with Crippen molar-refractivity contribution < 1.29 is 17.9 Å². The molecule has 7 heteroatoms. The molecule has 0 spiro atoms. The Morgan fingerprint density at radius 2 is 1.84 bits per heavy atom. The summed E-state index contributed by atoms with van der Waals surface area (Å²) < 4.78 is 32.3. The molecule has 0 aliphatic carbocycles. The number of esters is 1. The van der Waals surface area contributed by atoms with Crippen LogP contribution in [0.3, 0.4) is 0 Å². The zero-order chi connectivity index (χ0) is 18.4. The van der Waals surface area contributed by atoms with Gasteiger partial charge in [-0.25, -0.2) is 13.2 Å². The van der Waals surface area contributed by atoms with E-state index in [0.717, 1.165) is 24.8 Å². The van der Waals surface area contributed by atoms with Gasteiger partial charge >= 0.3 is 5.97 Å². The number of carbonyl (C=O) groups excluding carboxylic acids is 1. The van der Waals surface area contributed by atoms with Crippen LogP contribution in [0.2, 0.25) is 5.02 Å². The molecular weight excluding hydrogens is 362 g/mol. The Morgan fingerprint density at radius 1 is 1.16 bits per heavy atom. The van der Waals surface area contributed by atoms with E-state index in [2.05, 4.69) is 16.4 Å². The first-order chi connectivity index (χ1) is 11.9. The SMILES string of the molecule is CCCCc1ccc(NS(=O)(=O)c2cc(C(=O)OC)ccc2Cl)cc1. The van der Waals surface area contributed by atoms with Gasteiger partial charge in [0.1, 0.15) is 4.90 Å². The molecule has 25 heavy (non-hydrogen) atoms. The summed E-state index contributed by atoms with van der Waals surface area (Å²) in [6, 6.07) is 11.2. The first-order valence-corrected chi connectivity index (χ1v) is 9.73. The van der Waals surface area contributed by atoms with Crippen molar-refractivity contribution in [1.82, 2.24) is 0 Å². The van der Waals surface area contributed by atoms with Gasteiger partial charge in [0.2, 0.25) is 0 Å². The number of methoxy groups -OCH3 is 1. The molecule has 1 N–H and O–H groups in total. The lowest BCUT2D eigenvalue weighted by Crippen LogP contribution is -2.14. The van der Waals surface area contributed by atoms with E-state index in [0.29, 0.717) is 5.69 Å². The molecule has 0 bridgehead atoms. The van der Waals surface area contributed by atoms with Gasteiger partial charge in [0.15, 0.2) is 0 Å². The van der Waals surface area contributed by atoms with Crippen molar-refractivity contribution in [3.8, 4) is 0 Å². The Kier molecular flexibility index (Phi) is 6.45. The van der Waals surface area contributed by atoms with Crippen LogP contribution in [-0.2, 0) is 21.2 Å². The number of carbonyl (C=O) groups is 1. The maximum Gasteiger partial charge on any atom is 0.337 e. The lowest BCUT2D eigenvalue weighted by Gasteiger charge is -2.11. The summed E-state index contributed by atoms with van der Waals surface area (Å²) in [5, 5.41) is 0.0275. The summed E-state index contributed by atoms with van der Waals surface area (Å²) in [4.78, 5) is 11.4. The largest absolute Gasteiger partial charge is 0.465 e. The second-order valence-electron chi connectivity index (χ2n) is 5.54. The van der Waals surface area contributed by atoms with E-state index in [-0.39, 0.29) is 15.5 Å². The van der Waals surface area contributed by atoms with Crippen molar-refractivity contribution in [1.29, 1.82) is 0 Å². The predicted molar refractivity (Wildman–Crippen MR) is 98.7 cm³/mol. The molecule has 5 nitrogen and oxygen atoms in total. The number of rotatable bonds is 7. The Balaban J connectivity index is 2.25. The number of ether oxygens (including phenoxy) is 1. The smallest absolute Gasteiger partial charge is 0.337 e. The van der Waals surface area contributed by atoms with E-state index < -0.39 is 16.0 Å². The first-order valence-electron chi connectivity index (χ1n) is 7.87. The number of benzene rings is 2. The highest BCUT2D eigenvalue weighted by atomic mass is 35.5. The van der Waals surface area contributed by atoms with Gasteiger partial charge in [0, 0.05) is 5.69 Å². The molecule has 0 fully saturated rings. The zero-order valence-electron chi connectivity index (χ0n) is 14.1. The third-order valence-electron chi connectivity index (χ3n) is 3.67. The highest BCUT2D eigenvalue weighted by Gasteiger charge is 2.20. The molecule has 0 saturated heterocycles. The van der Waals surface area contributed by atoms with Crippen molar-refractivity contribution in [2.45, 2.75) is 31.1 Å². The van der Waals surface area contributed by atoms with Gasteiger partial charge in [0.05, 0.1) is 17.7 Å². The number of anilines is 1. The summed E-state index contributed by atoms with van der Waals surface area (Å²) in [5.41, 5.74) is 1.69. The fourth-order valence-electron chi connectivity index (χ4n) is 2.28. The van der Waals surface area contributed by atoms with Gasteiger partial charge in [-0.15, -0.1) is 0 Å². The van der Waals surface area contributed by atoms with Crippen LogP contribution in [0.25, 0.3) is 0 Å². The Hall–Kier alpha value is -2.05. The molecule has 0 aliphatic heterocycles. The summed E-state index contributed by atoms with van der Waals surface area (Å²) >= 11 is 6.01. The van der Waals surface area contributed by atoms with Crippen LogP contribution in [0, 0.1) is 0 Å². The molecule has 0 amide bonds. The number of sulfonamides is 1. The highest BCUT2D eigenvalue weighted by Crippen LogP contribution is 2.25. The zero-order valence-corrected chi connectivity index (χ0v) is 15.7. The van der Waals surface area contributed by atoms with Crippen molar-refractivity contribution >= 4 is 33.3 Å². The lowest BCUT2D eigenvalue weighted by atomic mass is 10.1. The molecule has 0 heterocycles. The van der Waals surface area contributed by atoms with Gasteiger partial charge in [-0.1, -0.05) is 37.1 Å². The van der Waals surface area contributed by atoms with E-state index in [1.54, 1.807) is 12.1 Å². The van der Waals surface area contributed by atoms with Gasteiger partial charge in [-0.05, 0) is 48.7 Å². The minimum Gasteiger partial charge on any atom is -0.465 e. The normalized spacial score (nSPS) is 11.2. The van der Waals surface area contributed by atoms with Crippen LogP contribution in [0.5, 0.6) is 0 Å². The number of hydrogen-bond acceptors (Lipinski definition) is 4. The van der Waals surface area contributed by atoms with Crippen LogP contribution in [-0.4, -0.2) is 21.5 Å². The van der Waals surface area contributed by atoms with Gasteiger partial charge < -0.3 is 4.74 Å². The van der Waals surface area contributed by atoms with E-state index in [1.165, 1.54) is 25.3 Å². The fourth-order valence-corrected chi connectivity index (χ4v) is 3.87. The maximum atomic E-state index is 12.6. The molecule has 2 rings (SSSR count). The van der Waals surface area contributed by atoms with Crippen LogP contribution in [0.1, 0.15) is 35.7 Å². The van der Waals surface area contributed by atoms with E-state index >= 15 is 0 Å². The monoisotopic (exact) mass is 381 g/mol. The molecule has 0 atom stereocenters. The highest BCUT2D eigenvalue weighted by molar-refractivity contribution is 7.92. The summed E-state index contributed by atoms with van der Waals surface area (Å²) in [6.07, 6.45) is 3.14. The first kappa shape index (κ1) is 19.3. The van der Waals surface area contributed by atoms with E-state index in [4.69, 9.17) is 11.6 Å². The number of aryl methyl sites for hydroxylation is 1. The predicted octanol–water partition coefficient (Wildman–Crippen LogP) is 4.27. The molecule has 0 aliphatic rings. The molecule has 134 valence electrons. The molecule has 0 radical (unpaired) electrons. The molecule has 2 aromatic rings. The quantitative estimate of drug-likeness (QED) is 0.727. The summed E-state index contributed by atoms with van der Waals surface area (Å²) in [6.45, 7) is 2.12. The number of halogens is 1. The molecule has 2 aromatic carbocycles. The van der Waals surface area contributed by atoms with E-state index in [9.17, 15) is 13.2 Å². The van der Waals surface area contributed by atoms with Crippen LogP contribution in [0.4, 0.5) is 5.69 Å². The van der Waals surface area contributed by atoms with Crippen molar-refractivity contribution in [2.24, 2.45) is 0 Å². The van der Waals surface area contributed by atoms with Crippen LogP contribution < -0.4 is 4.72 Å². The molecule has 0 saturated carbocycles. The van der Waals surface area contributed by atoms with Gasteiger partial charge in [-0.2, -0.15) is 0 Å². The van der Waals surface area contributed by atoms with Crippen molar-refractivity contribution in [2.75, 3.05) is 11.8 Å². The minimum atomic E-state index is -3.93. The third kappa shape index (κ3) is 4.96. The fraction of sp³-hybridized carbons (Fsp3) is 0.278.